The number of halogens is 3. The number of benzene rings is 1. The zero-order valence-corrected chi connectivity index (χ0v) is 9.15. The molecule has 0 bridgehead atoms. The molecule has 9 heteroatoms. The molecule has 1 aromatic carbocycles. The third kappa shape index (κ3) is 4.66. The molecule has 0 radical (unpaired) electrons. The highest BCUT2D eigenvalue weighted by Gasteiger charge is 2.42. The lowest BCUT2D eigenvalue weighted by Gasteiger charge is -2.08. The van der Waals surface area contributed by atoms with Crippen LogP contribution in [-0.2, 0) is 9.63 Å². The van der Waals surface area contributed by atoms with Crippen LogP contribution in [0.5, 0.6) is 0 Å². The van der Waals surface area contributed by atoms with Gasteiger partial charge in [-0.1, -0.05) is 18.2 Å². The van der Waals surface area contributed by atoms with Crippen LogP contribution in [0.2, 0.25) is 0 Å². The predicted molar refractivity (Wildman–Crippen MR) is 54.6 cm³/mol. The van der Waals surface area contributed by atoms with E-state index >= 15 is 0 Å². The molecule has 102 valence electrons. The summed E-state index contributed by atoms with van der Waals surface area (Å²) in [4.78, 5) is 36.0. The molecule has 19 heavy (non-hydrogen) atoms. The second-order valence-corrected chi connectivity index (χ2v) is 3.14. The standard InChI is InChI=1S/C10H7F3N2O4/c11-10(12,13)8(17)19-15-9(18)14-7(16)6-4-2-1-3-5-6/h1-5H,(H2,14,15,16,18). The van der Waals surface area contributed by atoms with Gasteiger partial charge in [-0.25, -0.2) is 9.59 Å². The highest BCUT2D eigenvalue weighted by Crippen LogP contribution is 2.15. The van der Waals surface area contributed by atoms with Crippen LogP contribution >= 0.6 is 0 Å². The van der Waals surface area contributed by atoms with Gasteiger partial charge in [0, 0.05) is 5.56 Å². The van der Waals surface area contributed by atoms with E-state index in [-0.39, 0.29) is 5.56 Å². The minimum atomic E-state index is -5.24. The topological polar surface area (TPSA) is 84.5 Å². The number of amides is 3. The van der Waals surface area contributed by atoms with Gasteiger partial charge in [0.2, 0.25) is 0 Å². The molecule has 0 aliphatic rings. The first-order valence-corrected chi connectivity index (χ1v) is 4.75. The Morgan fingerprint density at radius 2 is 1.63 bits per heavy atom. The summed E-state index contributed by atoms with van der Waals surface area (Å²) in [5.74, 6) is -3.46. The van der Waals surface area contributed by atoms with Crippen LogP contribution in [0.1, 0.15) is 10.4 Å². The lowest BCUT2D eigenvalue weighted by molar-refractivity contribution is -0.204. The smallest absolute Gasteiger partial charge is 0.331 e. The molecule has 0 atom stereocenters. The number of hydrogen-bond acceptors (Lipinski definition) is 4. The highest BCUT2D eigenvalue weighted by molar-refractivity contribution is 6.04. The predicted octanol–water partition coefficient (Wildman–Crippen LogP) is 1.15. The number of rotatable bonds is 1. The Balaban J connectivity index is 2.45. The van der Waals surface area contributed by atoms with Crippen molar-refractivity contribution in [3.05, 3.63) is 35.9 Å². The van der Waals surface area contributed by atoms with Gasteiger partial charge >= 0.3 is 18.2 Å². The van der Waals surface area contributed by atoms with Crippen molar-refractivity contribution in [3.8, 4) is 0 Å². The van der Waals surface area contributed by atoms with Crippen LogP contribution in [0.15, 0.2) is 30.3 Å². The van der Waals surface area contributed by atoms with Crippen LogP contribution in [0.3, 0.4) is 0 Å². The molecule has 0 aliphatic carbocycles. The van der Waals surface area contributed by atoms with Gasteiger partial charge < -0.3 is 4.84 Å². The zero-order chi connectivity index (χ0) is 14.5. The fourth-order valence-corrected chi connectivity index (χ4v) is 0.941. The molecule has 0 aromatic heterocycles. The summed E-state index contributed by atoms with van der Waals surface area (Å²) in [7, 11) is 0. The molecular weight excluding hydrogens is 269 g/mol. The van der Waals surface area contributed by atoms with Gasteiger partial charge in [0.15, 0.2) is 0 Å². The van der Waals surface area contributed by atoms with Crippen molar-refractivity contribution in [1.29, 1.82) is 0 Å². The van der Waals surface area contributed by atoms with E-state index in [2.05, 4.69) is 4.84 Å². The van der Waals surface area contributed by atoms with Crippen molar-refractivity contribution in [2.24, 2.45) is 0 Å². The Hall–Kier alpha value is -2.58. The van der Waals surface area contributed by atoms with Crippen LogP contribution in [-0.4, -0.2) is 24.1 Å². The van der Waals surface area contributed by atoms with Crippen LogP contribution < -0.4 is 10.8 Å². The second kappa shape index (κ2) is 5.85. The maximum Gasteiger partial charge on any atom is 0.493 e. The van der Waals surface area contributed by atoms with E-state index in [1.165, 1.54) is 24.3 Å². The summed E-state index contributed by atoms with van der Waals surface area (Å²) < 4.78 is 35.1. The van der Waals surface area contributed by atoms with Crippen LogP contribution in [0.4, 0.5) is 18.0 Å². The van der Waals surface area contributed by atoms with E-state index in [0.717, 1.165) is 5.48 Å². The number of carbonyl (C=O) groups is 3. The van der Waals surface area contributed by atoms with Crippen molar-refractivity contribution in [3.63, 3.8) is 0 Å². The Bertz CT molecular complexity index is 487. The van der Waals surface area contributed by atoms with E-state index in [1.54, 1.807) is 11.4 Å². The van der Waals surface area contributed by atoms with Crippen molar-refractivity contribution >= 4 is 17.9 Å². The molecule has 0 aliphatic heterocycles. The molecule has 0 spiro atoms. The quantitative estimate of drug-likeness (QED) is 0.753. The number of hydroxylamine groups is 1. The Kier molecular flexibility index (Phi) is 4.46. The largest absolute Gasteiger partial charge is 0.493 e. The number of imide groups is 1. The molecule has 6 nitrogen and oxygen atoms in total. The number of carbonyl (C=O) groups excluding carboxylic acids is 3. The lowest BCUT2D eigenvalue weighted by atomic mass is 10.2. The summed E-state index contributed by atoms with van der Waals surface area (Å²) >= 11 is 0. The molecule has 0 fully saturated rings. The van der Waals surface area contributed by atoms with Gasteiger partial charge in [-0.15, -0.1) is 0 Å². The van der Waals surface area contributed by atoms with Crippen LogP contribution in [0.25, 0.3) is 0 Å². The molecule has 0 saturated heterocycles. The Morgan fingerprint density at radius 1 is 1.05 bits per heavy atom. The minimum Gasteiger partial charge on any atom is -0.331 e. The summed E-state index contributed by atoms with van der Waals surface area (Å²) in [6, 6.07) is 6.04. The molecule has 0 heterocycles. The fourth-order valence-electron chi connectivity index (χ4n) is 0.941. The first-order chi connectivity index (χ1) is 8.80. The van der Waals surface area contributed by atoms with Gasteiger partial charge in [0.1, 0.15) is 0 Å². The number of nitrogens with one attached hydrogen (secondary N) is 2. The molecule has 0 saturated carbocycles. The fraction of sp³-hybridized carbons (Fsp3) is 0.100. The summed E-state index contributed by atoms with van der Waals surface area (Å²) in [5, 5.41) is 1.67. The SMILES string of the molecule is O=C(NOC(=O)C(F)(F)F)NC(=O)c1ccccc1. The van der Waals surface area contributed by atoms with Crippen molar-refractivity contribution in [2.45, 2.75) is 6.18 Å². The molecular formula is C10H7F3N2O4. The molecule has 2 N–H and O–H groups in total. The summed E-state index contributed by atoms with van der Waals surface area (Å²) in [6.45, 7) is 0. The molecule has 0 unspecified atom stereocenters. The Morgan fingerprint density at radius 3 is 2.16 bits per heavy atom. The lowest BCUT2D eigenvalue weighted by Crippen LogP contribution is -2.42. The average Bonchev–Trinajstić information content (AvgIpc) is 2.35. The highest BCUT2D eigenvalue weighted by atomic mass is 19.4. The second-order valence-electron chi connectivity index (χ2n) is 3.14. The monoisotopic (exact) mass is 276 g/mol. The third-order valence-corrected chi connectivity index (χ3v) is 1.73. The van der Waals surface area contributed by atoms with E-state index in [1.807, 2.05) is 0 Å². The van der Waals surface area contributed by atoms with Gasteiger partial charge in [0.05, 0.1) is 0 Å². The van der Waals surface area contributed by atoms with Crippen molar-refractivity contribution < 1.29 is 32.4 Å². The minimum absolute atomic E-state index is 0.111. The maximum atomic E-state index is 11.7. The van der Waals surface area contributed by atoms with E-state index < -0.39 is 24.1 Å². The molecule has 1 aromatic rings. The van der Waals surface area contributed by atoms with E-state index in [4.69, 9.17) is 0 Å². The third-order valence-electron chi connectivity index (χ3n) is 1.73. The summed E-state index contributed by atoms with van der Waals surface area (Å²) in [5.41, 5.74) is 1.26. The van der Waals surface area contributed by atoms with Crippen molar-refractivity contribution in [1.82, 2.24) is 10.8 Å². The number of alkyl halides is 3. The van der Waals surface area contributed by atoms with Gasteiger partial charge in [0.25, 0.3) is 5.91 Å². The molecule has 1 rings (SSSR count). The van der Waals surface area contributed by atoms with Gasteiger partial charge in [-0.2, -0.15) is 18.7 Å². The van der Waals surface area contributed by atoms with Crippen LogP contribution in [0, 0.1) is 0 Å². The maximum absolute atomic E-state index is 11.7. The van der Waals surface area contributed by atoms with Gasteiger partial charge in [-0.3, -0.25) is 10.1 Å². The Labute approximate surface area is 104 Å². The van der Waals surface area contributed by atoms with Crippen molar-refractivity contribution in [2.75, 3.05) is 0 Å². The number of hydrogen-bond donors (Lipinski definition) is 2. The van der Waals surface area contributed by atoms with E-state index in [0.29, 0.717) is 0 Å². The average molecular weight is 276 g/mol. The zero-order valence-electron chi connectivity index (χ0n) is 9.15. The first-order valence-electron chi connectivity index (χ1n) is 4.75. The number of urea groups is 1. The summed E-state index contributed by atoms with van der Waals surface area (Å²) in [6.07, 6.45) is -5.24. The normalized spacial score (nSPS) is 10.5. The van der Waals surface area contributed by atoms with E-state index in [9.17, 15) is 27.6 Å². The van der Waals surface area contributed by atoms with Gasteiger partial charge in [-0.05, 0) is 12.1 Å². The first kappa shape index (κ1) is 14.5. The molecule has 3 amide bonds.